The van der Waals surface area contributed by atoms with Crippen LogP contribution in [-0.4, -0.2) is 25.6 Å². The second kappa shape index (κ2) is 8.72. The monoisotopic (exact) mass is 327 g/mol. The predicted molar refractivity (Wildman–Crippen MR) is 92.1 cm³/mol. The average Bonchev–Trinajstić information content (AvgIpc) is 2.62. The van der Waals surface area contributed by atoms with Gasteiger partial charge in [-0.25, -0.2) is 0 Å². The predicted octanol–water partition coefficient (Wildman–Crippen LogP) is 3.37. The Kier molecular flexibility index (Phi) is 6.37. The van der Waals surface area contributed by atoms with Crippen molar-refractivity contribution in [2.75, 3.05) is 19.0 Å². The maximum Gasteiger partial charge on any atom is 0.313 e. The number of amides is 1. The van der Waals surface area contributed by atoms with Gasteiger partial charge in [-0.05, 0) is 24.1 Å². The van der Waals surface area contributed by atoms with Crippen molar-refractivity contribution in [1.82, 2.24) is 0 Å². The zero-order valence-corrected chi connectivity index (χ0v) is 13.8. The van der Waals surface area contributed by atoms with E-state index in [0.717, 1.165) is 5.56 Å². The lowest BCUT2D eigenvalue weighted by molar-refractivity contribution is -0.149. The van der Waals surface area contributed by atoms with E-state index in [-0.39, 0.29) is 12.5 Å². The lowest BCUT2D eigenvalue weighted by atomic mass is 9.97. The van der Waals surface area contributed by atoms with Crippen LogP contribution in [0.1, 0.15) is 24.8 Å². The quantitative estimate of drug-likeness (QED) is 0.792. The molecule has 0 aliphatic rings. The Morgan fingerprint density at radius 1 is 1.04 bits per heavy atom. The highest BCUT2D eigenvalue weighted by Gasteiger charge is 2.21. The Balaban J connectivity index is 1.92. The van der Waals surface area contributed by atoms with Gasteiger partial charge in [0.15, 0.2) is 6.61 Å². The molecule has 5 heteroatoms. The van der Waals surface area contributed by atoms with Crippen molar-refractivity contribution in [2.24, 2.45) is 0 Å². The number of nitrogens with one attached hydrogen (secondary N) is 1. The van der Waals surface area contributed by atoms with Gasteiger partial charge in [-0.1, -0.05) is 49.4 Å². The Morgan fingerprint density at radius 3 is 2.38 bits per heavy atom. The summed E-state index contributed by atoms with van der Waals surface area (Å²) in [6.07, 6.45) is 0.608. The molecule has 1 atom stereocenters. The molecule has 1 N–H and O–H groups in total. The third-order valence-corrected chi connectivity index (χ3v) is 3.62. The van der Waals surface area contributed by atoms with Crippen LogP contribution in [0, 0.1) is 0 Å². The van der Waals surface area contributed by atoms with Gasteiger partial charge in [0.1, 0.15) is 5.75 Å². The fourth-order valence-electron chi connectivity index (χ4n) is 2.40. The van der Waals surface area contributed by atoms with Crippen molar-refractivity contribution in [2.45, 2.75) is 19.3 Å². The number of ether oxygens (including phenoxy) is 2. The van der Waals surface area contributed by atoms with Gasteiger partial charge in [-0.2, -0.15) is 0 Å². The SMILES string of the molecule is CC[C@H](C(=O)OCC(=O)Nc1ccccc1OC)c1ccccc1. The maximum absolute atomic E-state index is 12.2. The summed E-state index contributed by atoms with van der Waals surface area (Å²) in [6.45, 7) is 1.58. The first kappa shape index (κ1) is 17.5. The molecule has 0 aliphatic heterocycles. The van der Waals surface area contributed by atoms with Gasteiger partial charge in [0.25, 0.3) is 5.91 Å². The first-order valence-electron chi connectivity index (χ1n) is 7.80. The number of esters is 1. The van der Waals surface area contributed by atoms with E-state index in [0.29, 0.717) is 17.9 Å². The summed E-state index contributed by atoms with van der Waals surface area (Å²) in [5.74, 6) is -0.632. The highest BCUT2D eigenvalue weighted by molar-refractivity contribution is 5.94. The minimum Gasteiger partial charge on any atom is -0.495 e. The molecular weight excluding hydrogens is 306 g/mol. The Labute approximate surface area is 141 Å². The topological polar surface area (TPSA) is 64.6 Å². The molecule has 2 aromatic carbocycles. The molecule has 1 amide bonds. The summed E-state index contributed by atoms with van der Waals surface area (Å²) in [4.78, 5) is 24.2. The molecule has 0 heterocycles. The first-order chi connectivity index (χ1) is 11.7. The molecule has 0 fully saturated rings. The summed E-state index contributed by atoms with van der Waals surface area (Å²) in [5, 5.41) is 2.67. The molecular formula is C19H21NO4. The van der Waals surface area contributed by atoms with Crippen LogP contribution in [0.3, 0.4) is 0 Å². The van der Waals surface area contributed by atoms with E-state index in [1.165, 1.54) is 7.11 Å². The standard InChI is InChI=1S/C19H21NO4/c1-3-15(14-9-5-4-6-10-14)19(22)24-13-18(21)20-16-11-7-8-12-17(16)23-2/h4-12,15H,3,13H2,1-2H3,(H,20,21)/t15-/m0/s1. The largest absolute Gasteiger partial charge is 0.495 e. The van der Waals surface area contributed by atoms with Crippen molar-refractivity contribution in [3.05, 3.63) is 60.2 Å². The molecule has 0 bridgehead atoms. The minimum absolute atomic E-state index is 0.333. The summed E-state index contributed by atoms with van der Waals surface area (Å²) in [7, 11) is 1.52. The van der Waals surface area contributed by atoms with E-state index in [2.05, 4.69) is 5.32 Å². The van der Waals surface area contributed by atoms with Crippen molar-refractivity contribution in [3.8, 4) is 5.75 Å². The van der Waals surface area contributed by atoms with E-state index >= 15 is 0 Å². The molecule has 0 radical (unpaired) electrons. The van der Waals surface area contributed by atoms with E-state index in [4.69, 9.17) is 9.47 Å². The molecule has 0 aromatic heterocycles. The van der Waals surface area contributed by atoms with Gasteiger partial charge in [-0.3, -0.25) is 9.59 Å². The van der Waals surface area contributed by atoms with Crippen LogP contribution >= 0.6 is 0 Å². The van der Waals surface area contributed by atoms with Crippen LogP contribution in [0.15, 0.2) is 54.6 Å². The normalized spacial score (nSPS) is 11.4. The first-order valence-corrected chi connectivity index (χ1v) is 7.80. The molecule has 0 spiro atoms. The zero-order valence-electron chi connectivity index (χ0n) is 13.8. The molecule has 0 unspecified atom stereocenters. The number of rotatable bonds is 7. The van der Waals surface area contributed by atoms with Crippen molar-refractivity contribution >= 4 is 17.6 Å². The molecule has 2 rings (SSSR count). The average molecular weight is 327 g/mol. The van der Waals surface area contributed by atoms with E-state index < -0.39 is 11.9 Å². The third kappa shape index (κ3) is 4.59. The number of anilines is 1. The van der Waals surface area contributed by atoms with E-state index in [1.54, 1.807) is 24.3 Å². The number of hydrogen-bond acceptors (Lipinski definition) is 4. The number of hydrogen-bond donors (Lipinski definition) is 1. The van der Waals surface area contributed by atoms with Gasteiger partial charge in [0, 0.05) is 0 Å². The van der Waals surface area contributed by atoms with Crippen LogP contribution in [0.2, 0.25) is 0 Å². The summed E-state index contributed by atoms with van der Waals surface area (Å²) < 4.78 is 10.3. The Hall–Kier alpha value is -2.82. The second-order valence-corrected chi connectivity index (χ2v) is 5.23. The van der Waals surface area contributed by atoms with E-state index in [1.807, 2.05) is 37.3 Å². The lowest BCUT2D eigenvalue weighted by Crippen LogP contribution is -2.24. The lowest BCUT2D eigenvalue weighted by Gasteiger charge is -2.15. The molecule has 24 heavy (non-hydrogen) atoms. The van der Waals surface area contributed by atoms with Gasteiger partial charge in [0.2, 0.25) is 0 Å². The smallest absolute Gasteiger partial charge is 0.313 e. The molecule has 2 aromatic rings. The third-order valence-electron chi connectivity index (χ3n) is 3.62. The molecule has 0 saturated heterocycles. The molecule has 126 valence electrons. The summed E-state index contributed by atoms with van der Waals surface area (Å²) >= 11 is 0. The second-order valence-electron chi connectivity index (χ2n) is 5.23. The van der Waals surface area contributed by atoms with Gasteiger partial charge in [0.05, 0.1) is 18.7 Å². The maximum atomic E-state index is 12.2. The highest BCUT2D eigenvalue weighted by atomic mass is 16.5. The zero-order chi connectivity index (χ0) is 17.4. The van der Waals surface area contributed by atoms with Crippen molar-refractivity contribution < 1.29 is 19.1 Å². The molecule has 0 saturated carbocycles. The number of carbonyl (C=O) groups is 2. The van der Waals surface area contributed by atoms with Crippen molar-refractivity contribution in [1.29, 1.82) is 0 Å². The van der Waals surface area contributed by atoms with Crippen LogP contribution in [0.5, 0.6) is 5.75 Å². The van der Waals surface area contributed by atoms with Gasteiger partial charge in [-0.15, -0.1) is 0 Å². The number of methoxy groups -OCH3 is 1. The highest BCUT2D eigenvalue weighted by Crippen LogP contribution is 2.23. The Morgan fingerprint density at radius 2 is 1.71 bits per heavy atom. The van der Waals surface area contributed by atoms with Crippen LogP contribution < -0.4 is 10.1 Å². The van der Waals surface area contributed by atoms with Crippen LogP contribution in [-0.2, 0) is 14.3 Å². The van der Waals surface area contributed by atoms with Gasteiger partial charge < -0.3 is 14.8 Å². The van der Waals surface area contributed by atoms with Crippen molar-refractivity contribution in [3.63, 3.8) is 0 Å². The number of benzene rings is 2. The fraction of sp³-hybridized carbons (Fsp3) is 0.263. The van der Waals surface area contributed by atoms with Crippen LogP contribution in [0.25, 0.3) is 0 Å². The van der Waals surface area contributed by atoms with Gasteiger partial charge >= 0.3 is 5.97 Å². The Bertz CT molecular complexity index is 685. The summed E-state index contributed by atoms with van der Waals surface area (Å²) in [6, 6.07) is 16.4. The molecule has 5 nitrogen and oxygen atoms in total. The summed E-state index contributed by atoms with van der Waals surface area (Å²) in [5.41, 5.74) is 1.42. The fourth-order valence-corrected chi connectivity index (χ4v) is 2.40. The van der Waals surface area contributed by atoms with E-state index in [9.17, 15) is 9.59 Å². The number of carbonyl (C=O) groups excluding carboxylic acids is 2. The minimum atomic E-state index is -0.407. The number of para-hydroxylation sites is 2. The molecule has 0 aliphatic carbocycles. The van der Waals surface area contributed by atoms with Crippen LogP contribution in [0.4, 0.5) is 5.69 Å².